The number of ether oxygens (including phenoxy) is 1. The monoisotopic (exact) mass is 263 g/mol. The second-order valence-corrected chi connectivity index (χ2v) is 6.10. The van der Waals surface area contributed by atoms with Crippen LogP contribution in [-0.4, -0.2) is 34.5 Å². The van der Waals surface area contributed by atoms with Crippen LogP contribution in [0.25, 0.3) is 0 Å². The number of rotatable bonds is 3. The van der Waals surface area contributed by atoms with Crippen LogP contribution in [0.5, 0.6) is 0 Å². The number of likely N-dealkylation sites (tertiary alicyclic amines) is 1. The van der Waals surface area contributed by atoms with E-state index in [1.807, 2.05) is 20.8 Å². The van der Waals surface area contributed by atoms with Crippen molar-refractivity contribution >= 4 is 11.9 Å². The molecule has 2 rings (SSSR count). The summed E-state index contributed by atoms with van der Waals surface area (Å²) in [6, 6.07) is -0.398. The Morgan fingerprint density at radius 2 is 2.21 bits per heavy atom. The highest BCUT2D eigenvalue weighted by molar-refractivity contribution is 5.89. The number of carbonyl (C=O) groups excluding carboxylic acids is 2. The van der Waals surface area contributed by atoms with Crippen molar-refractivity contribution in [2.24, 2.45) is 0 Å². The number of carbonyl (C=O) groups is 2. The summed E-state index contributed by atoms with van der Waals surface area (Å²) >= 11 is 0. The van der Waals surface area contributed by atoms with Gasteiger partial charge in [0.05, 0.1) is 0 Å². The molecule has 0 unspecified atom stereocenters. The van der Waals surface area contributed by atoms with E-state index in [0.29, 0.717) is 0 Å². The van der Waals surface area contributed by atoms with Crippen molar-refractivity contribution in [3.8, 4) is 0 Å². The lowest BCUT2D eigenvalue weighted by Gasteiger charge is -2.32. The molecule has 1 aliphatic carbocycles. The van der Waals surface area contributed by atoms with Crippen molar-refractivity contribution in [1.82, 2.24) is 4.90 Å². The summed E-state index contributed by atoms with van der Waals surface area (Å²) in [4.78, 5) is 26.1. The van der Waals surface area contributed by atoms with Crippen LogP contribution in [0.3, 0.4) is 0 Å². The van der Waals surface area contributed by atoms with Gasteiger partial charge < -0.3 is 9.64 Å². The summed E-state index contributed by atoms with van der Waals surface area (Å²) in [5.41, 5.74) is 0.490. The predicted octanol–water partition coefficient (Wildman–Crippen LogP) is 2.20. The molecule has 2 bridgehead atoms. The minimum Gasteiger partial charge on any atom is -0.458 e. The van der Waals surface area contributed by atoms with E-state index < -0.39 is 11.6 Å². The fourth-order valence-corrected chi connectivity index (χ4v) is 2.75. The molecule has 1 fully saturated rings. The zero-order chi connectivity index (χ0) is 14.2. The van der Waals surface area contributed by atoms with E-state index in [1.54, 1.807) is 11.0 Å². The third-order valence-electron chi connectivity index (χ3n) is 3.38. The Hall–Kier alpha value is -1.58. The Morgan fingerprint density at radius 1 is 1.53 bits per heavy atom. The highest BCUT2D eigenvalue weighted by Gasteiger charge is 2.47. The molecule has 2 atom stereocenters. The van der Waals surface area contributed by atoms with Gasteiger partial charge in [-0.15, -0.1) is 6.58 Å². The SMILES string of the molecule is C=CCC(=O)N1[C@@H]2CC=C(C2)[C@@H]1C(=O)OC(C)(C)C. The third-order valence-corrected chi connectivity index (χ3v) is 3.38. The van der Waals surface area contributed by atoms with Gasteiger partial charge in [0.15, 0.2) is 6.04 Å². The summed E-state index contributed by atoms with van der Waals surface area (Å²) in [6.07, 6.45) is 5.55. The Kier molecular flexibility index (Phi) is 3.52. The quantitative estimate of drug-likeness (QED) is 0.579. The van der Waals surface area contributed by atoms with E-state index in [0.717, 1.165) is 18.4 Å². The van der Waals surface area contributed by atoms with Crippen LogP contribution in [0.15, 0.2) is 24.3 Å². The van der Waals surface area contributed by atoms with Crippen LogP contribution in [0, 0.1) is 0 Å². The molecular weight excluding hydrogens is 242 g/mol. The van der Waals surface area contributed by atoms with Crippen LogP contribution in [0.4, 0.5) is 0 Å². The first kappa shape index (κ1) is 13.8. The van der Waals surface area contributed by atoms with Gasteiger partial charge in [-0.25, -0.2) is 4.79 Å². The van der Waals surface area contributed by atoms with Gasteiger partial charge >= 0.3 is 5.97 Å². The lowest BCUT2D eigenvalue weighted by atomic mass is 10.1. The van der Waals surface area contributed by atoms with Gasteiger partial charge in [0.25, 0.3) is 0 Å². The van der Waals surface area contributed by atoms with Crippen LogP contribution in [0.1, 0.15) is 40.0 Å². The maximum Gasteiger partial charge on any atom is 0.333 e. The summed E-state index contributed by atoms with van der Waals surface area (Å²) in [5.74, 6) is -0.364. The molecule has 0 aromatic heterocycles. The van der Waals surface area contributed by atoms with E-state index in [2.05, 4.69) is 12.7 Å². The van der Waals surface area contributed by atoms with E-state index in [-0.39, 0.29) is 24.3 Å². The molecule has 0 radical (unpaired) electrons. The molecule has 104 valence electrons. The Bertz CT molecular complexity index is 445. The van der Waals surface area contributed by atoms with Crippen LogP contribution in [0.2, 0.25) is 0 Å². The summed E-state index contributed by atoms with van der Waals surface area (Å²) in [5, 5.41) is 0. The van der Waals surface area contributed by atoms with Gasteiger partial charge in [0.1, 0.15) is 5.60 Å². The van der Waals surface area contributed by atoms with Gasteiger partial charge in [-0.05, 0) is 39.2 Å². The second-order valence-electron chi connectivity index (χ2n) is 6.10. The minimum atomic E-state index is -0.535. The number of hydrogen-bond acceptors (Lipinski definition) is 3. The maximum atomic E-state index is 12.3. The van der Waals surface area contributed by atoms with Crippen molar-refractivity contribution in [2.45, 2.75) is 57.7 Å². The number of hydrogen-bond donors (Lipinski definition) is 0. The molecule has 19 heavy (non-hydrogen) atoms. The molecule has 1 amide bonds. The molecule has 1 saturated heterocycles. The first-order valence-corrected chi connectivity index (χ1v) is 6.67. The van der Waals surface area contributed by atoms with Crippen molar-refractivity contribution in [2.75, 3.05) is 0 Å². The van der Waals surface area contributed by atoms with Crippen LogP contribution in [-0.2, 0) is 14.3 Å². The Balaban J connectivity index is 2.19. The predicted molar refractivity (Wildman–Crippen MR) is 72.4 cm³/mol. The molecular formula is C15H21NO3. The first-order valence-electron chi connectivity index (χ1n) is 6.67. The van der Waals surface area contributed by atoms with Crippen LogP contribution < -0.4 is 0 Å². The van der Waals surface area contributed by atoms with Crippen molar-refractivity contribution in [1.29, 1.82) is 0 Å². The largest absolute Gasteiger partial charge is 0.458 e. The Morgan fingerprint density at radius 3 is 2.79 bits per heavy atom. The van der Waals surface area contributed by atoms with Crippen molar-refractivity contribution < 1.29 is 14.3 Å². The molecule has 0 aromatic carbocycles. The number of nitrogens with zero attached hydrogens (tertiary/aromatic N) is 1. The van der Waals surface area contributed by atoms with Gasteiger partial charge in [-0.3, -0.25) is 4.79 Å². The lowest BCUT2D eigenvalue weighted by Crippen LogP contribution is -2.48. The topological polar surface area (TPSA) is 46.6 Å². The van der Waals surface area contributed by atoms with Gasteiger partial charge in [-0.1, -0.05) is 12.2 Å². The fourth-order valence-electron chi connectivity index (χ4n) is 2.75. The zero-order valence-corrected chi connectivity index (χ0v) is 11.8. The second kappa shape index (κ2) is 4.83. The summed E-state index contributed by atoms with van der Waals surface area (Å²) in [7, 11) is 0. The van der Waals surface area contributed by atoms with E-state index in [9.17, 15) is 9.59 Å². The number of fused-ring (bicyclic) bond motifs is 2. The average molecular weight is 263 g/mol. The molecule has 4 nitrogen and oxygen atoms in total. The normalized spacial score (nSPS) is 25.2. The molecule has 0 saturated carbocycles. The molecule has 1 heterocycles. The standard InChI is InChI=1S/C15H21NO3/c1-5-6-12(17)16-11-8-7-10(9-11)13(16)14(18)19-15(2,3)4/h5,7,11,13H,1,6,8-9H2,2-4H3/t11-,13-/m1/s1. The third kappa shape index (κ3) is 2.72. The lowest BCUT2D eigenvalue weighted by molar-refractivity contribution is -0.163. The smallest absolute Gasteiger partial charge is 0.333 e. The summed E-state index contributed by atoms with van der Waals surface area (Å²) < 4.78 is 5.43. The molecule has 4 heteroatoms. The van der Waals surface area contributed by atoms with E-state index in [1.165, 1.54) is 0 Å². The minimum absolute atomic E-state index is 0.0426. The van der Waals surface area contributed by atoms with Gasteiger partial charge in [-0.2, -0.15) is 0 Å². The highest BCUT2D eigenvalue weighted by atomic mass is 16.6. The fraction of sp³-hybridized carbons (Fsp3) is 0.600. The molecule has 1 aliphatic heterocycles. The number of amides is 1. The van der Waals surface area contributed by atoms with E-state index in [4.69, 9.17) is 4.74 Å². The van der Waals surface area contributed by atoms with E-state index >= 15 is 0 Å². The van der Waals surface area contributed by atoms with Crippen molar-refractivity contribution in [3.05, 3.63) is 24.3 Å². The Labute approximate surface area is 114 Å². The zero-order valence-electron chi connectivity index (χ0n) is 11.8. The molecule has 0 spiro atoms. The number of esters is 1. The average Bonchev–Trinajstić information content (AvgIpc) is 2.85. The molecule has 0 aromatic rings. The summed E-state index contributed by atoms with van der Waals surface area (Å²) in [6.45, 7) is 9.09. The van der Waals surface area contributed by atoms with Gasteiger partial charge in [0, 0.05) is 12.5 Å². The molecule has 0 N–H and O–H groups in total. The highest BCUT2D eigenvalue weighted by Crippen LogP contribution is 2.39. The molecule has 2 aliphatic rings. The maximum absolute atomic E-state index is 12.3. The van der Waals surface area contributed by atoms with Gasteiger partial charge in [0.2, 0.25) is 5.91 Å². The van der Waals surface area contributed by atoms with Crippen LogP contribution >= 0.6 is 0 Å². The van der Waals surface area contributed by atoms with Crippen molar-refractivity contribution in [3.63, 3.8) is 0 Å². The first-order chi connectivity index (χ1) is 8.83.